The van der Waals surface area contributed by atoms with Gasteiger partial charge in [-0.3, -0.25) is 0 Å². The fourth-order valence-corrected chi connectivity index (χ4v) is 4.33. The van der Waals surface area contributed by atoms with Crippen LogP contribution in [0.1, 0.15) is 51.6 Å². The van der Waals surface area contributed by atoms with Gasteiger partial charge in [0.2, 0.25) is 0 Å². The van der Waals surface area contributed by atoms with Crippen LogP contribution in [0.5, 0.6) is 0 Å². The summed E-state index contributed by atoms with van der Waals surface area (Å²) in [5.41, 5.74) is 4.19. The molecule has 0 bridgehead atoms. The van der Waals surface area contributed by atoms with Crippen LogP contribution in [0.15, 0.2) is 18.2 Å². The summed E-state index contributed by atoms with van der Waals surface area (Å²) in [4.78, 5) is 7.19. The molecule has 1 fully saturated rings. The van der Waals surface area contributed by atoms with Crippen molar-refractivity contribution in [1.29, 1.82) is 0 Å². The summed E-state index contributed by atoms with van der Waals surface area (Å²) in [6.45, 7) is 6.85. The fourth-order valence-electron chi connectivity index (χ4n) is 2.66. The number of benzene rings is 1. The standard InChI is InChI=1S/C16H22IN2/c1-16(2,3)11-8-9-13-14(10-11)19(12-6-5-7-12)15(17-4)18-13/h8-10,12H,5-7H2,1-4H3/q-1. The maximum absolute atomic E-state index is 4.87. The number of halogens is 1. The van der Waals surface area contributed by atoms with Crippen molar-refractivity contribution in [3.63, 3.8) is 0 Å². The molecular formula is C16H22IN2-. The number of nitrogens with zero attached hydrogens (tertiary/aromatic N) is 2. The summed E-state index contributed by atoms with van der Waals surface area (Å²) in [6.07, 6.45) is 4.05. The number of hydrogen-bond acceptors (Lipinski definition) is 1. The molecule has 0 N–H and O–H groups in total. The van der Waals surface area contributed by atoms with Crippen LogP contribution in [0, 0.1) is 3.83 Å². The van der Waals surface area contributed by atoms with E-state index < -0.39 is 0 Å². The van der Waals surface area contributed by atoms with Gasteiger partial charge in [0.25, 0.3) is 0 Å². The molecule has 1 heterocycles. The molecule has 1 aliphatic rings. The van der Waals surface area contributed by atoms with Crippen molar-refractivity contribution >= 4 is 11.0 Å². The first-order chi connectivity index (χ1) is 9.00. The molecule has 0 amide bonds. The van der Waals surface area contributed by atoms with Gasteiger partial charge in [-0.05, 0) is 0 Å². The second kappa shape index (κ2) is 4.76. The van der Waals surface area contributed by atoms with Gasteiger partial charge in [-0.25, -0.2) is 0 Å². The van der Waals surface area contributed by atoms with Gasteiger partial charge in [0.1, 0.15) is 0 Å². The first kappa shape index (κ1) is 13.4. The Labute approximate surface area is 125 Å². The van der Waals surface area contributed by atoms with Crippen LogP contribution in [0.3, 0.4) is 0 Å². The Morgan fingerprint density at radius 1 is 1.26 bits per heavy atom. The number of imidazole rings is 1. The molecule has 1 aromatic heterocycles. The van der Waals surface area contributed by atoms with Gasteiger partial charge in [-0.15, -0.1) is 0 Å². The van der Waals surface area contributed by atoms with Crippen molar-refractivity contribution in [3.8, 4) is 0 Å². The van der Waals surface area contributed by atoms with Crippen molar-refractivity contribution in [2.45, 2.75) is 51.5 Å². The summed E-state index contributed by atoms with van der Waals surface area (Å²) in [5, 5.41) is 0. The van der Waals surface area contributed by atoms with Crippen LogP contribution >= 0.6 is 0 Å². The Morgan fingerprint density at radius 2 is 2.00 bits per heavy atom. The topological polar surface area (TPSA) is 17.8 Å². The Balaban J connectivity index is 2.19. The summed E-state index contributed by atoms with van der Waals surface area (Å²) in [6, 6.07) is 7.56. The third-order valence-corrected chi connectivity index (χ3v) is 5.85. The van der Waals surface area contributed by atoms with E-state index in [0.717, 1.165) is 6.04 Å². The number of hydrogen-bond donors (Lipinski definition) is 0. The SMILES string of the molecule is C[I-]c1nc2ccc(C(C)(C)C)cc2n1C1CCC1. The third kappa shape index (κ3) is 2.30. The van der Waals surface area contributed by atoms with Gasteiger partial charge < -0.3 is 0 Å². The summed E-state index contributed by atoms with van der Waals surface area (Å²) in [5.74, 6) is 0. The molecule has 3 rings (SSSR count). The minimum atomic E-state index is 0.0469. The number of rotatable bonds is 2. The normalized spacial score (nSPS) is 17.1. The van der Waals surface area contributed by atoms with E-state index in [-0.39, 0.29) is 26.6 Å². The molecule has 1 aromatic carbocycles. The predicted molar refractivity (Wildman–Crippen MR) is 75.9 cm³/mol. The molecule has 2 aromatic rings. The Hall–Kier alpha value is -0.580. The molecule has 3 heteroatoms. The van der Waals surface area contributed by atoms with E-state index in [0.29, 0.717) is 0 Å². The van der Waals surface area contributed by atoms with Crippen LogP contribution < -0.4 is 21.2 Å². The third-order valence-electron chi connectivity index (χ3n) is 4.12. The molecule has 0 radical (unpaired) electrons. The van der Waals surface area contributed by atoms with Crippen LogP contribution in [-0.2, 0) is 5.41 Å². The molecule has 0 aliphatic heterocycles. The zero-order chi connectivity index (χ0) is 13.6. The summed E-state index contributed by atoms with van der Waals surface area (Å²) in [7, 11) is 0. The minimum absolute atomic E-state index is 0.0469. The van der Waals surface area contributed by atoms with E-state index in [1.165, 1.54) is 39.7 Å². The average molecular weight is 369 g/mol. The number of aromatic nitrogens is 2. The molecule has 0 spiro atoms. The van der Waals surface area contributed by atoms with Crippen molar-refractivity contribution in [2.24, 2.45) is 0 Å². The van der Waals surface area contributed by atoms with Crippen molar-refractivity contribution in [1.82, 2.24) is 9.55 Å². The van der Waals surface area contributed by atoms with Gasteiger partial charge in [0.15, 0.2) is 0 Å². The fraction of sp³-hybridized carbons (Fsp3) is 0.562. The number of fused-ring (bicyclic) bond motifs is 1. The first-order valence-corrected chi connectivity index (χ1v) is 10.3. The predicted octanol–water partition coefficient (Wildman–Crippen LogP) is 0.947. The zero-order valence-electron chi connectivity index (χ0n) is 12.2. The van der Waals surface area contributed by atoms with Gasteiger partial charge in [0, 0.05) is 0 Å². The van der Waals surface area contributed by atoms with Crippen LogP contribution in [0.2, 0.25) is 0 Å². The second-order valence-electron chi connectivity index (χ2n) is 6.48. The van der Waals surface area contributed by atoms with Crippen LogP contribution in [0.4, 0.5) is 0 Å². The quantitative estimate of drug-likeness (QED) is 0.570. The monoisotopic (exact) mass is 369 g/mol. The zero-order valence-corrected chi connectivity index (χ0v) is 14.4. The van der Waals surface area contributed by atoms with Gasteiger partial charge in [0.05, 0.1) is 0 Å². The van der Waals surface area contributed by atoms with Gasteiger partial charge >= 0.3 is 126 Å². The number of alkyl halides is 1. The van der Waals surface area contributed by atoms with Crippen molar-refractivity contribution in [3.05, 3.63) is 27.6 Å². The second-order valence-corrected chi connectivity index (χ2v) is 8.52. The molecule has 0 atom stereocenters. The van der Waals surface area contributed by atoms with Crippen LogP contribution in [-0.4, -0.2) is 14.5 Å². The van der Waals surface area contributed by atoms with E-state index in [1.807, 2.05) is 0 Å². The molecular weight excluding hydrogens is 347 g/mol. The summed E-state index contributed by atoms with van der Waals surface area (Å²) < 4.78 is 3.92. The first-order valence-electron chi connectivity index (χ1n) is 7.02. The van der Waals surface area contributed by atoms with E-state index in [4.69, 9.17) is 4.98 Å². The van der Waals surface area contributed by atoms with E-state index >= 15 is 0 Å². The van der Waals surface area contributed by atoms with Gasteiger partial charge in [-0.2, -0.15) is 0 Å². The van der Waals surface area contributed by atoms with Crippen LogP contribution in [0.25, 0.3) is 11.0 Å². The Kier molecular flexibility index (Phi) is 3.36. The molecule has 104 valence electrons. The van der Waals surface area contributed by atoms with Gasteiger partial charge in [-0.1, -0.05) is 0 Å². The molecule has 19 heavy (non-hydrogen) atoms. The molecule has 0 saturated heterocycles. The Bertz CT molecular complexity index is 603. The van der Waals surface area contributed by atoms with Crippen molar-refractivity contribution in [2.75, 3.05) is 4.93 Å². The van der Waals surface area contributed by atoms with E-state index in [2.05, 4.69) is 48.5 Å². The van der Waals surface area contributed by atoms with E-state index in [9.17, 15) is 0 Å². The Morgan fingerprint density at radius 3 is 2.53 bits per heavy atom. The van der Waals surface area contributed by atoms with E-state index in [1.54, 1.807) is 0 Å². The van der Waals surface area contributed by atoms with Crippen molar-refractivity contribution < 1.29 is 21.2 Å². The molecule has 1 saturated carbocycles. The average Bonchev–Trinajstić information content (AvgIpc) is 2.64. The molecule has 1 aliphatic carbocycles. The maximum atomic E-state index is 4.87. The molecule has 0 unspecified atom stereocenters. The molecule has 2 nitrogen and oxygen atoms in total. The summed E-state index contributed by atoms with van der Waals surface area (Å²) >= 11 is 0.0469.